The molecule has 1 radical (unpaired) electrons. The van der Waals surface area contributed by atoms with Gasteiger partial charge in [0.15, 0.2) is 0 Å². The molecular formula is C8H9ClF3. The van der Waals surface area contributed by atoms with Gasteiger partial charge in [0.25, 0.3) is 0 Å². The molecule has 1 fully saturated rings. The molecule has 12 heavy (non-hydrogen) atoms. The minimum absolute atomic E-state index is 0.120. The van der Waals surface area contributed by atoms with E-state index in [9.17, 15) is 13.2 Å². The third-order valence-corrected chi connectivity index (χ3v) is 2.30. The predicted molar refractivity (Wildman–Crippen MR) is 41.6 cm³/mol. The number of alkyl halides is 3. The third-order valence-electron chi connectivity index (χ3n) is 1.96. The van der Waals surface area contributed by atoms with E-state index < -0.39 is 11.2 Å². The molecule has 0 aromatic rings. The highest BCUT2D eigenvalue weighted by Crippen LogP contribution is 2.52. The molecule has 0 saturated heterocycles. The predicted octanol–water partition coefficient (Wildman–Crippen LogP) is 3.53. The Bertz CT molecular complexity index is 215. The van der Waals surface area contributed by atoms with Crippen molar-refractivity contribution in [2.24, 2.45) is 11.3 Å². The lowest BCUT2D eigenvalue weighted by Gasteiger charge is -2.04. The Morgan fingerprint density at radius 3 is 2.17 bits per heavy atom. The first-order chi connectivity index (χ1) is 5.23. The summed E-state index contributed by atoms with van der Waals surface area (Å²) >= 11 is 5.04. The largest absolute Gasteiger partial charge is 0.426 e. The summed E-state index contributed by atoms with van der Waals surface area (Å²) in [6.07, 6.45) is -1.52. The highest BCUT2D eigenvalue weighted by atomic mass is 35.5. The molecule has 1 atom stereocenters. The van der Waals surface area contributed by atoms with Crippen LogP contribution in [0.4, 0.5) is 13.2 Å². The highest BCUT2D eigenvalue weighted by Gasteiger charge is 2.46. The maximum absolute atomic E-state index is 11.9. The normalized spacial score (nSPS) is 28.8. The van der Waals surface area contributed by atoms with Gasteiger partial charge in [-0.25, -0.2) is 0 Å². The SMILES string of the molecule is CC1(C)[CH]C1/C=C(/Cl)C(F)(F)F. The van der Waals surface area contributed by atoms with Gasteiger partial charge >= 0.3 is 6.18 Å². The molecule has 1 rings (SSSR count). The Morgan fingerprint density at radius 2 is 1.92 bits per heavy atom. The minimum Gasteiger partial charge on any atom is -0.165 e. The molecule has 0 nitrogen and oxygen atoms in total. The van der Waals surface area contributed by atoms with E-state index in [2.05, 4.69) is 0 Å². The summed E-state index contributed by atoms with van der Waals surface area (Å²) in [5.74, 6) is -0.133. The Labute approximate surface area is 74.4 Å². The molecule has 0 heterocycles. The van der Waals surface area contributed by atoms with Crippen molar-refractivity contribution in [3.8, 4) is 0 Å². The average Bonchev–Trinajstić information content (AvgIpc) is 2.36. The van der Waals surface area contributed by atoms with Gasteiger partial charge in [-0.3, -0.25) is 0 Å². The van der Waals surface area contributed by atoms with Crippen LogP contribution in [0.15, 0.2) is 11.1 Å². The summed E-state index contributed by atoms with van der Waals surface area (Å²) in [4.78, 5) is 0. The molecule has 0 spiro atoms. The Morgan fingerprint density at radius 1 is 1.50 bits per heavy atom. The quantitative estimate of drug-likeness (QED) is 0.603. The fourth-order valence-corrected chi connectivity index (χ4v) is 1.07. The van der Waals surface area contributed by atoms with Gasteiger partial charge in [0, 0.05) is 0 Å². The van der Waals surface area contributed by atoms with Crippen molar-refractivity contribution in [3.05, 3.63) is 17.5 Å². The first-order valence-electron chi connectivity index (χ1n) is 3.54. The van der Waals surface area contributed by atoms with E-state index in [0.717, 1.165) is 6.08 Å². The second-order valence-electron chi connectivity index (χ2n) is 3.53. The Balaban J connectivity index is 2.60. The van der Waals surface area contributed by atoms with Crippen molar-refractivity contribution in [1.29, 1.82) is 0 Å². The third kappa shape index (κ3) is 2.16. The Hall–Kier alpha value is -0.180. The van der Waals surface area contributed by atoms with Crippen LogP contribution in [0.2, 0.25) is 0 Å². The van der Waals surface area contributed by atoms with Gasteiger partial charge in [-0.2, -0.15) is 13.2 Å². The van der Waals surface area contributed by atoms with Gasteiger partial charge in [-0.05, 0) is 17.8 Å². The van der Waals surface area contributed by atoms with E-state index in [1.807, 2.05) is 20.3 Å². The van der Waals surface area contributed by atoms with Crippen LogP contribution in [-0.4, -0.2) is 6.18 Å². The van der Waals surface area contributed by atoms with Crippen molar-refractivity contribution in [3.63, 3.8) is 0 Å². The fourth-order valence-electron chi connectivity index (χ4n) is 0.930. The van der Waals surface area contributed by atoms with Gasteiger partial charge in [0.05, 0.1) is 0 Å². The van der Waals surface area contributed by atoms with Crippen LogP contribution >= 0.6 is 11.6 Å². The molecule has 0 aromatic carbocycles. The molecule has 4 heteroatoms. The van der Waals surface area contributed by atoms with Crippen molar-refractivity contribution < 1.29 is 13.2 Å². The molecule has 1 unspecified atom stereocenters. The van der Waals surface area contributed by atoms with E-state index in [4.69, 9.17) is 11.6 Å². The van der Waals surface area contributed by atoms with Gasteiger partial charge in [0.1, 0.15) is 5.03 Å². The van der Waals surface area contributed by atoms with Crippen LogP contribution in [0.25, 0.3) is 0 Å². The Kier molecular flexibility index (Phi) is 2.19. The van der Waals surface area contributed by atoms with Crippen molar-refractivity contribution in [1.82, 2.24) is 0 Å². The van der Waals surface area contributed by atoms with Gasteiger partial charge in [-0.15, -0.1) is 0 Å². The molecule has 0 amide bonds. The minimum atomic E-state index is -4.39. The first-order valence-corrected chi connectivity index (χ1v) is 3.92. The number of allylic oxidation sites excluding steroid dienone is 2. The molecule has 0 aliphatic heterocycles. The molecule has 0 bridgehead atoms. The van der Waals surface area contributed by atoms with Gasteiger partial charge < -0.3 is 0 Å². The van der Waals surface area contributed by atoms with E-state index in [-0.39, 0.29) is 11.3 Å². The summed E-state index contributed by atoms with van der Waals surface area (Å²) in [5.41, 5.74) is -0.120. The first kappa shape index (κ1) is 9.90. The van der Waals surface area contributed by atoms with Crippen LogP contribution < -0.4 is 0 Å². The van der Waals surface area contributed by atoms with Crippen molar-refractivity contribution in [2.75, 3.05) is 0 Å². The van der Waals surface area contributed by atoms with Crippen molar-refractivity contribution >= 4 is 11.6 Å². The van der Waals surface area contributed by atoms with Crippen molar-refractivity contribution in [2.45, 2.75) is 20.0 Å². The highest BCUT2D eigenvalue weighted by molar-refractivity contribution is 6.30. The summed E-state index contributed by atoms with van der Waals surface area (Å²) in [6, 6.07) is 0. The van der Waals surface area contributed by atoms with Crippen LogP contribution in [0.5, 0.6) is 0 Å². The van der Waals surface area contributed by atoms with E-state index in [0.29, 0.717) is 0 Å². The number of rotatable bonds is 1. The van der Waals surface area contributed by atoms with Crippen LogP contribution in [0.1, 0.15) is 13.8 Å². The molecule has 0 N–H and O–H groups in total. The molecule has 1 saturated carbocycles. The lowest BCUT2D eigenvalue weighted by molar-refractivity contribution is -0.0848. The number of hydrogen-bond acceptors (Lipinski definition) is 0. The standard InChI is InChI=1S/C8H9ClF3/c1-7(2)4-5(7)3-6(9)8(10,11)12/h3-5H,1-2H3/b6-3+. The van der Waals surface area contributed by atoms with E-state index >= 15 is 0 Å². The van der Waals surface area contributed by atoms with Gasteiger partial charge in [0.2, 0.25) is 0 Å². The van der Waals surface area contributed by atoms with Crippen LogP contribution in [-0.2, 0) is 0 Å². The van der Waals surface area contributed by atoms with Crippen LogP contribution in [0.3, 0.4) is 0 Å². The molecule has 1 aliphatic rings. The van der Waals surface area contributed by atoms with E-state index in [1.54, 1.807) is 0 Å². The topological polar surface area (TPSA) is 0 Å². The van der Waals surface area contributed by atoms with Gasteiger partial charge in [-0.1, -0.05) is 31.5 Å². The van der Waals surface area contributed by atoms with E-state index in [1.165, 1.54) is 0 Å². The monoisotopic (exact) mass is 197 g/mol. The maximum Gasteiger partial charge on any atom is 0.426 e. The number of halogens is 4. The zero-order valence-corrected chi connectivity index (χ0v) is 7.50. The smallest absolute Gasteiger partial charge is 0.165 e. The average molecular weight is 198 g/mol. The summed E-state index contributed by atoms with van der Waals surface area (Å²) < 4.78 is 35.6. The summed E-state index contributed by atoms with van der Waals surface area (Å²) in [5, 5.41) is -1.02. The lowest BCUT2D eigenvalue weighted by atomic mass is 10.1. The molecular weight excluding hydrogens is 189 g/mol. The fraction of sp³-hybridized carbons (Fsp3) is 0.625. The zero-order valence-electron chi connectivity index (χ0n) is 6.74. The van der Waals surface area contributed by atoms with Crippen LogP contribution in [0, 0.1) is 17.8 Å². The molecule has 69 valence electrons. The second-order valence-corrected chi connectivity index (χ2v) is 3.93. The molecule has 0 aromatic heterocycles. The number of hydrogen-bond donors (Lipinski definition) is 0. The summed E-state index contributed by atoms with van der Waals surface area (Å²) in [6.45, 7) is 3.74. The molecule has 1 aliphatic carbocycles. The summed E-state index contributed by atoms with van der Waals surface area (Å²) in [7, 11) is 0. The second kappa shape index (κ2) is 2.66. The maximum atomic E-state index is 11.9. The zero-order chi connectivity index (χ0) is 9.57. The lowest BCUT2D eigenvalue weighted by Crippen LogP contribution is -2.07.